The number of rotatable bonds is 5. The highest BCUT2D eigenvalue weighted by molar-refractivity contribution is 6.06. The number of carbonyl (C=O) groups is 1. The molecule has 0 spiro atoms. The van der Waals surface area contributed by atoms with Gasteiger partial charge in [-0.1, -0.05) is 19.9 Å². The molecule has 1 amide bonds. The van der Waals surface area contributed by atoms with Crippen molar-refractivity contribution in [1.82, 2.24) is 9.78 Å². The number of ether oxygens (including phenoxy) is 1. The summed E-state index contributed by atoms with van der Waals surface area (Å²) in [6.07, 6.45) is 1.96. The van der Waals surface area contributed by atoms with E-state index in [1.165, 1.54) is 32.1 Å². The van der Waals surface area contributed by atoms with Gasteiger partial charge in [0.05, 0.1) is 29.9 Å². The van der Waals surface area contributed by atoms with Gasteiger partial charge in [0.25, 0.3) is 5.91 Å². The van der Waals surface area contributed by atoms with Crippen LogP contribution in [-0.2, 0) is 6.18 Å². The van der Waals surface area contributed by atoms with Crippen LogP contribution in [0.25, 0.3) is 10.9 Å². The van der Waals surface area contributed by atoms with Crippen LogP contribution >= 0.6 is 0 Å². The Bertz CT molecular complexity index is 1150. The number of anilines is 1. The molecule has 1 fully saturated rings. The molecule has 1 N–H and O–H groups in total. The number of benzene rings is 2. The Hall–Kier alpha value is -3.03. The average Bonchev–Trinajstić information content (AvgIpc) is 3.21. The molecule has 0 unspecified atom stereocenters. The van der Waals surface area contributed by atoms with Crippen LogP contribution in [0.15, 0.2) is 42.6 Å². The molecule has 4 rings (SSSR count). The number of alkyl halides is 3. The maximum atomic E-state index is 13.0. The Kier molecular flexibility index (Phi) is 6.36. The van der Waals surface area contributed by atoms with Gasteiger partial charge in [-0.25, -0.2) is 0 Å². The zero-order valence-corrected chi connectivity index (χ0v) is 18.9. The lowest BCUT2D eigenvalue weighted by Crippen LogP contribution is -2.21. The molecule has 1 aromatic heterocycles. The molecule has 0 aliphatic heterocycles. The van der Waals surface area contributed by atoms with Crippen molar-refractivity contribution in [2.75, 3.05) is 12.4 Å². The molecule has 0 radical (unpaired) electrons. The van der Waals surface area contributed by atoms with Crippen LogP contribution in [0.2, 0.25) is 0 Å². The maximum Gasteiger partial charge on any atom is 0.416 e. The highest BCUT2D eigenvalue weighted by atomic mass is 19.4. The third-order valence-electron chi connectivity index (χ3n) is 6.60. The van der Waals surface area contributed by atoms with E-state index in [0.29, 0.717) is 23.4 Å². The lowest BCUT2D eigenvalue weighted by Gasteiger charge is -2.30. The van der Waals surface area contributed by atoms with Crippen molar-refractivity contribution >= 4 is 22.5 Å². The second kappa shape index (κ2) is 9.08. The third kappa shape index (κ3) is 4.99. The predicted octanol–water partition coefficient (Wildman–Crippen LogP) is 6.70. The van der Waals surface area contributed by atoms with Crippen LogP contribution in [0.3, 0.4) is 0 Å². The summed E-state index contributed by atoms with van der Waals surface area (Å²) in [5.74, 6) is 1.20. The minimum absolute atomic E-state index is 0.0791. The van der Waals surface area contributed by atoms with Crippen molar-refractivity contribution in [3.8, 4) is 5.75 Å². The molecule has 33 heavy (non-hydrogen) atoms. The van der Waals surface area contributed by atoms with E-state index in [2.05, 4.69) is 19.2 Å². The molecular weight excluding hydrogens is 431 g/mol. The molecule has 0 saturated heterocycles. The second-order valence-corrected chi connectivity index (χ2v) is 9.07. The standard InChI is InChI=1S/C25H28F3N3O2/c1-15(2)16-7-9-20(10-8-16)31-14-18-12-22(23(33-3)13-21(18)30-31)29-24(32)17-5-4-6-19(11-17)25(26,27)28/h4-6,11-16,20H,7-10H2,1-3H3,(H,29,32). The molecule has 5 nitrogen and oxygen atoms in total. The van der Waals surface area contributed by atoms with Gasteiger partial charge in [0.1, 0.15) is 5.75 Å². The molecule has 2 aromatic carbocycles. The zero-order valence-electron chi connectivity index (χ0n) is 18.9. The summed E-state index contributed by atoms with van der Waals surface area (Å²) < 4.78 is 46.4. The summed E-state index contributed by atoms with van der Waals surface area (Å²) in [6, 6.07) is 8.17. The van der Waals surface area contributed by atoms with Crippen LogP contribution in [0.1, 0.15) is 61.5 Å². The van der Waals surface area contributed by atoms with Crippen molar-refractivity contribution in [3.63, 3.8) is 0 Å². The van der Waals surface area contributed by atoms with Crippen LogP contribution in [0.5, 0.6) is 5.75 Å². The van der Waals surface area contributed by atoms with Gasteiger partial charge < -0.3 is 10.1 Å². The molecule has 0 atom stereocenters. The molecule has 1 aliphatic rings. The number of halogens is 3. The monoisotopic (exact) mass is 459 g/mol. The Morgan fingerprint density at radius 1 is 1.15 bits per heavy atom. The number of aromatic nitrogens is 2. The van der Waals surface area contributed by atoms with Crippen LogP contribution in [0.4, 0.5) is 18.9 Å². The number of amides is 1. The fourth-order valence-corrected chi connectivity index (χ4v) is 4.59. The lowest BCUT2D eigenvalue weighted by atomic mass is 9.80. The number of methoxy groups -OCH3 is 1. The van der Waals surface area contributed by atoms with Gasteiger partial charge >= 0.3 is 6.18 Å². The molecule has 8 heteroatoms. The van der Waals surface area contributed by atoms with Crippen molar-refractivity contribution in [1.29, 1.82) is 0 Å². The largest absolute Gasteiger partial charge is 0.494 e. The number of hydrogen-bond acceptors (Lipinski definition) is 3. The van der Waals surface area contributed by atoms with E-state index in [4.69, 9.17) is 9.84 Å². The minimum atomic E-state index is -4.52. The maximum absolute atomic E-state index is 13.0. The SMILES string of the molecule is COc1cc2nn(C3CCC(C(C)C)CC3)cc2cc1NC(=O)c1cccc(C(F)(F)F)c1. The van der Waals surface area contributed by atoms with Gasteiger partial charge in [0.15, 0.2) is 0 Å². The lowest BCUT2D eigenvalue weighted by molar-refractivity contribution is -0.137. The summed E-state index contributed by atoms with van der Waals surface area (Å²) in [5.41, 5.74) is 0.181. The molecule has 0 bridgehead atoms. The van der Waals surface area contributed by atoms with E-state index in [1.54, 1.807) is 12.1 Å². The Morgan fingerprint density at radius 2 is 1.88 bits per heavy atom. The molecular formula is C25H28F3N3O2. The van der Waals surface area contributed by atoms with Crippen LogP contribution in [0, 0.1) is 11.8 Å². The van der Waals surface area contributed by atoms with Crippen LogP contribution < -0.4 is 10.1 Å². The number of nitrogens with one attached hydrogen (secondary N) is 1. The van der Waals surface area contributed by atoms with E-state index in [0.717, 1.165) is 41.8 Å². The van der Waals surface area contributed by atoms with Gasteiger partial charge in [0, 0.05) is 23.2 Å². The average molecular weight is 460 g/mol. The van der Waals surface area contributed by atoms with E-state index in [-0.39, 0.29) is 5.56 Å². The van der Waals surface area contributed by atoms with Crippen LogP contribution in [-0.4, -0.2) is 22.8 Å². The fourth-order valence-electron chi connectivity index (χ4n) is 4.59. The Labute approximate surface area is 190 Å². The highest BCUT2D eigenvalue weighted by Gasteiger charge is 2.31. The summed E-state index contributed by atoms with van der Waals surface area (Å²) in [4.78, 5) is 12.7. The first kappa shape index (κ1) is 23.1. The first-order valence-corrected chi connectivity index (χ1v) is 11.2. The smallest absolute Gasteiger partial charge is 0.416 e. The number of carbonyl (C=O) groups excluding carboxylic acids is 1. The Balaban J connectivity index is 1.56. The fraction of sp³-hybridized carbons (Fsp3) is 0.440. The summed E-state index contributed by atoms with van der Waals surface area (Å²) >= 11 is 0. The predicted molar refractivity (Wildman–Crippen MR) is 122 cm³/mol. The summed E-state index contributed by atoms with van der Waals surface area (Å²) in [5, 5.41) is 8.25. The number of fused-ring (bicyclic) bond motifs is 1. The summed E-state index contributed by atoms with van der Waals surface area (Å²) in [7, 11) is 1.48. The van der Waals surface area contributed by atoms with Gasteiger partial charge in [0.2, 0.25) is 0 Å². The molecule has 1 aliphatic carbocycles. The van der Waals surface area contributed by atoms with Crippen molar-refractivity contribution in [2.24, 2.45) is 11.8 Å². The van der Waals surface area contributed by atoms with E-state index < -0.39 is 17.6 Å². The molecule has 3 aromatic rings. The third-order valence-corrected chi connectivity index (χ3v) is 6.60. The van der Waals surface area contributed by atoms with E-state index in [9.17, 15) is 18.0 Å². The van der Waals surface area contributed by atoms with E-state index in [1.807, 2.05) is 10.9 Å². The topological polar surface area (TPSA) is 56.1 Å². The first-order valence-electron chi connectivity index (χ1n) is 11.2. The zero-order chi connectivity index (χ0) is 23.8. The highest BCUT2D eigenvalue weighted by Crippen LogP contribution is 2.37. The number of nitrogens with zero attached hydrogens (tertiary/aromatic N) is 2. The normalized spacial score (nSPS) is 19.1. The Morgan fingerprint density at radius 3 is 2.52 bits per heavy atom. The first-order chi connectivity index (χ1) is 15.7. The van der Waals surface area contributed by atoms with E-state index >= 15 is 0 Å². The van der Waals surface area contributed by atoms with Gasteiger partial charge in [-0.3, -0.25) is 9.48 Å². The van der Waals surface area contributed by atoms with Crippen molar-refractivity contribution < 1.29 is 22.7 Å². The minimum Gasteiger partial charge on any atom is -0.494 e. The van der Waals surface area contributed by atoms with Crippen molar-refractivity contribution in [3.05, 3.63) is 53.7 Å². The van der Waals surface area contributed by atoms with Gasteiger partial charge in [-0.15, -0.1) is 0 Å². The number of hydrogen-bond donors (Lipinski definition) is 1. The molecule has 176 valence electrons. The molecule has 1 heterocycles. The van der Waals surface area contributed by atoms with Crippen molar-refractivity contribution in [2.45, 2.75) is 51.7 Å². The van der Waals surface area contributed by atoms with Gasteiger partial charge in [-0.2, -0.15) is 18.3 Å². The molecule has 1 saturated carbocycles. The van der Waals surface area contributed by atoms with Gasteiger partial charge in [-0.05, 0) is 61.8 Å². The quantitative estimate of drug-likeness (QED) is 0.462. The second-order valence-electron chi connectivity index (χ2n) is 9.07. The summed E-state index contributed by atoms with van der Waals surface area (Å²) in [6.45, 7) is 4.54.